The molecule has 4 rings (SSSR count). The van der Waals surface area contributed by atoms with Gasteiger partial charge in [-0.25, -0.2) is 4.98 Å². The van der Waals surface area contributed by atoms with Crippen molar-refractivity contribution < 1.29 is 4.79 Å². The van der Waals surface area contributed by atoms with Crippen molar-refractivity contribution in [1.82, 2.24) is 14.9 Å². The van der Waals surface area contributed by atoms with Crippen LogP contribution in [0.25, 0.3) is 10.2 Å². The Labute approximate surface area is 167 Å². The number of hydrogen-bond acceptors (Lipinski definition) is 5. The first-order chi connectivity index (χ1) is 13.1. The van der Waals surface area contributed by atoms with Crippen molar-refractivity contribution in [3.05, 3.63) is 20.8 Å². The third-order valence-electron chi connectivity index (χ3n) is 5.59. The van der Waals surface area contributed by atoms with Crippen LogP contribution in [0.2, 0.25) is 0 Å². The number of nitrogens with one attached hydrogen (secondary N) is 1. The van der Waals surface area contributed by atoms with E-state index in [2.05, 4.69) is 12.2 Å². The third-order valence-corrected chi connectivity index (χ3v) is 7.87. The summed E-state index contributed by atoms with van der Waals surface area (Å²) in [4.78, 5) is 32.8. The molecule has 1 amide bonds. The van der Waals surface area contributed by atoms with E-state index in [4.69, 9.17) is 4.98 Å². The number of aromatic nitrogens is 2. The summed E-state index contributed by atoms with van der Waals surface area (Å²) in [6.07, 6.45) is 8.61. The fourth-order valence-corrected chi connectivity index (χ4v) is 6.42. The molecule has 2 aromatic heterocycles. The summed E-state index contributed by atoms with van der Waals surface area (Å²) in [5.41, 5.74) is 1.30. The minimum atomic E-state index is -0.259. The Hall–Kier alpha value is -1.34. The van der Waals surface area contributed by atoms with Crippen LogP contribution in [-0.2, 0) is 24.2 Å². The number of carbonyl (C=O) groups is 1. The van der Waals surface area contributed by atoms with Gasteiger partial charge in [0.25, 0.3) is 5.56 Å². The first-order valence-electron chi connectivity index (χ1n) is 10.1. The van der Waals surface area contributed by atoms with Crippen molar-refractivity contribution in [1.29, 1.82) is 0 Å². The van der Waals surface area contributed by atoms with Gasteiger partial charge in [0.05, 0.1) is 10.6 Å². The smallest absolute Gasteiger partial charge is 0.263 e. The molecule has 1 N–H and O–H groups in total. The Bertz CT molecular complexity index is 912. The second-order valence-electron chi connectivity index (χ2n) is 7.64. The molecule has 0 radical (unpaired) electrons. The summed E-state index contributed by atoms with van der Waals surface area (Å²) in [5, 5.41) is 4.41. The number of amides is 1. The number of thiophene rings is 1. The van der Waals surface area contributed by atoms with Crippen LogP contribution in [0.15, 0.2) is 9.95 Å². The minimum Gasteiger partial charge on any atom is -0.352 e. The predicted octanol–water partition coefficient (Wildman–Crippen LogP) is 3.90. The van der Waals surface area contributed by atoms with E-state index in [0.29, 0.717) is 17.7 Å². The van der Waals surface area contributed by atoms with Crippen LogP contribution >= 0.6 is 23.1 Å². The molecule has 2 aliphatic carbocycles. The lowest BCUT2D eigenvalue weighted by atomic mass is 10.2. The maximum absolute atomic E-state index is 13.2. The van der Waals surface area contributed by atoms with Gasteiger partial charge in [-0.05, 0) is 51.0 Å². The van der Waals surface area contributed by atoms with Crippen molar-refractivity contribution in [2.75, 3.05) is 0 Å². The van der Waals surface area contributed by atoms with Crippen LogP contribution in [0.5, 0.6) is 0 Å². The Morgan fingerprint density at radius 3 is 2.85 bits per heavy atom. The molecule has 7 heteroatoms. The maximum Gasteiger partial charge on any atom is 0.263 e. The Morgan fingerprint density at radius 2 is 2.11 bits per heavy atom. The first-order valence-corrected chi connectivity index (χ1v) is 11.8. The average Bonchev–Trinajstić information content (AvgIpc) is 3.35. The van der Waals surface area contributed by atoms with E-state index in [1.54, 1.807) is 15.9 Å². The summed E-state index contributed by atoms with van der Waals surface area (Å²) in [7, 11) is 0. The topological polar surface area (TPSA) is 64.0 Å². The molecule has 0 unspecified atom stereocenters. The lowest BCUT2D eigenvalue weighted by Crippen LogP contribution is -2.38. The van der Waals surface area contributed by atoms with Gasteiger partial charge in [-0.2, -0.15) is 0 Å². The van der Waals surface area contributed by atoms with Crippen LogP contribution in [0, 0.1) is 0 Å². The number of aryl methyl sites for hydroxylation is 2. The van der Waals surface area contributed by atoms with Crippen LogP contribution in [0.4, 0.5) is 0 Å². The zero-order valence-corrected chi connectivity index (χ0v) is 17.7. The lowest BCUT2D eigenvalue weighted by Gasteiger charge is -2.18. The molecule has 1 saturated carbocycles. The predicted molar refractivity (Wildman–Crippen MR) is 112 cm³/mol. The SMILES string of the molecule is CCCn1c(S[C@H](C)C(=O)NC2CCCC2)nc2sc3c(c2c1=O)CCC3. The largest absolute Gasteiger partial charge is 0.352 e. The molecule has 0 saturated heterocycles. The second-order valence-corrected chi connectivity index (χ2v) is 10.0. The van der Waals surface area contributed by atoms with E-state index in [1.807, 2.05) is 6.92 Å². The number of carbonyl (C=O) groups excluding carboxylic acids is 1. The fraction of sp³-hybridized carbons (Fsp3) is 0.650. The van der Waals surface area contributed by atoms with Crippen molar-refractivity contribution >= 4 is 39.2 Å². The molecule has 5 nitrogen and oxygen atoms in total. The van der Waals surface area contributed by atoms with Gasteiger partial charge >= 0.3 is 0 Å². The highest BCUT2D eigenvalue weighted by atomic mass is 32.2. The molecule has 146 valence electrons. The normalized spacial score (nSPS) is 18.1. The van der Waals surface area contributed by atoms with Crippen molar-refractivity contribution in [3.63, 3.8) is 0 Å². The van der Waals surface area contributed by atoms with Gasteiger partial charge in [0.1, 0.15) is 4.83 Å². The molecule has 0 spiro atoms. The quantitative estimate of drug-likeness (QED) is 0.585. The van der Waals surface area contributed by atoms with Gasteiger partial charge < -0.3 is 5.32 Å². The highest BCUT2D eigenvalue weighted by molar-refractivity contribution is 8.00. The summed E-state index contributed by atoms with van der Waals surface area (Å²) in [6, 6.07) is 0.314. The molecule has 27 heavy (non-hydrogen) atoms. The molecule has 1 fully saturated rings. The second kappa shape index (κ2) is 7.95. The molecule has 0 bridgehead atoms. The van der Waals surface area contributed by atoms with Crippen LogP contribution < -0.4 is 10.9 Å². The maximum atomic E-state index is 13.2. The number of nitrogens with zero attached hydrogens (tertiary/aromatic N) is 2. The number of thioether (sulfide) groups is 1. The standard InChI is InChI=1S/C20H27N3O2S2/c1-3-11-23-19(25)16-14-9-6-10-15(14)27-18(16)22-20(23)26-12(2)17(24)21-13-7-4-5-8-13/h12-13H,3-11H2,1-2H3,(H,21,24)/t12-/m1/s1. The zero-order chi connectivity index (χ0) is 19.0. The van der Waals surface area contributed by atoms with E-state index in [9.17, 15) is 9.59 Å². The van der Waals surface area contributed by atoms with E-state index in [-0.39, 0.29) is 16.7 Å². The van der Waals surface area contributed by atoms with E-state index in [0.717, 1.165) is 48.7 Å². The molecular weight excluding hydrogens is 378 g/mol. The molecule has 1 atom stereocenters. The van der Waals surface area contributed by atoms with E-state index in [1.165, 1.54) is 35.0 Å². The Balaban J connectivity index is 1.63. The Kier molecular flexibility index (Phi) is 5.60. The highest BCUT2D eigenvalue weighted by Gasteiger charge is 2.26. The minimum absolute atomic E-state index is 0.0537. The van der Waals surface area contributed by atoms with Gasteiger partial charge in [-0.15, -0.1) is 11.3 Å². The van der Waals surface area contributed by atoms with Crippen molar-refractivity contribution in [3.8, 4) is 0 Å². The van der Waals surface area contributed by atoms with Crippen LogP contribution in [-0.4, -0.2) is 26.8 Å². The molecule has 2 aliphatic rings. The van der Waals surface area contributed by atoms with Gasteiger partial charge in [-0.1, -0.05) is 31.5 Å². The number of rotatable bonds is 6. The van der Waals surface area contributed by atoms with Gasteiger partial charge in [-0.3, -0.25) is 14.2 Å². The summed E-state index contributed by atoms with van der Waals surface area (Å²) in [5.74, 6) is 0.0537. The van der Waals surface area contributed by atoms with Crippen molar-refractivity contribution in [2.45, 2.75) is 88.2 Å². The summed E-state index contributed by atoms with van der Waals surface area (Å²) < 4.78 is 1.79. The first kappa shape index (κ1) is 19.0. The van der Waals surface area contributed by atoms with Crippen LogP contribution in [0.3, 0.4) is 0 Å². The third kappa shape index (κ3) is 3.68. The zero-order valence-electron chi connectivity index (χ0n) is 16.0. The van der Waals surface area contributed by atoms with E-state index >= 15 is 0 Å². The summed E-state index contributed by atoms with van der Waals surface area (Å²) >= 11 is 3.08. The number of hydrogen-bond donors (Lipinski definition) is 1. The highest BCUT2D eigenvalue weighted by Crippen LogP contribution is 2.36. The molecule has 2 aromatic rings. The number of fused-ring (bicyclic) bond motifs is 3. The van der Waals surface area contributed by atoms with Gasteiger partial charge in [0, 0.05) is 17.5 Å². The summed E-state index contributed by atoms with van der Waals surface area (Å²) in [6.45, 7) is 4.63. The average molecular weight is 406 g/mol. The monoisotopic (exact) mass is 405 g/mol. The molecule has 2 heterocycles. The van der Waals surface area contributed by atoms with Crippen molar-refractivity contribution in [2.24, 2.45) is 0 Å². The molecule has 0 aliphatic heterocycles. The molecular formula is C20H27N3O2S2. The fourth-order valence-electron chi connectivity index (χ4n) is 4.17. The van der Waals surface area contributed by atoms with Gasteiger partial charge in [0.2, 0.25) is 5.91 Å². The van der Waals surface area contributed by atoms with Crippen LogP contribution in [0.1, 0.15) is 62.8 Å². The molecule has 0 aromatic carbocycles. The van der Waals surface area contributed by atoms with E-state index < -0.39 is 0 Å². The lowest BCUT2D eigenvalue weighted by molar-refractivity contribution is -0.120. The van der Waals surface area contributed by atoms with Gasteiger partial charge in [0.15, 0.2) is 5.16 Å². The Morgan fingerprint density at radius 1 is 1.33 bits per heavy atom.